The Labute approximate surface area is 66.1 Å². The molecule has 0 aliphatic rings. The molecule has 0 bridgehead atoms. The second kappa shape index (κ2) is 15.7. The Morgan fingerprint density at radius 1 is 0.800 bits per heavy atom. The van der Waals surface area contributed by atoms with Gasteiger partial charge in [-0.1, -0.05) is 0 Å². The Hall–Kier alpha value is -0.994. The van der Waals surface area contributed by atoms with Gasteiger partial charge in [0.1, 0.15) is 0 Å². The average Bonchev–Trinajstić information content (AvgIpc) is 1.25. The summed E-state index contributed by atoms with van der Waals surface area (Å²) in [5, 5.41) is 27.9. The van der Waals surface area contributed by atoms with Crippen molar-refractivity contribution in [1.29, 1.82) is 0 Å². The Bertz CT molecular complexity index is 73.7. The summed E-state index contributed by atoms with van der Waals surface area (Å²) < 4.78 is 0. The number of carboxylic acid groups (broad SMARTS) is 4. The van der Waals surface area contributed by atoms with Gasteiger partial charge in [0.15, 0.2) is 0 Å². The summed E-state index contributed by atoms with van der Waals surface area (Å²) in [6, 6.07) is 0. The maximum Gasteiger partial charge on any atom is 0.503 e. The summed E-state index contributed by atoms with van der Waals surface area (Å²) in [6.07, 6.45) is -3.67. The van der Waals surface area contributed by atoms with Crippen molar-refractivity contribution in [1.82, 2.24) is 6.15 Å². The molecule has 0 spiro atoms. The average molecular weight is 200 g/mol. The van der Waals surface area contributed by atoms with Gasteiger partial charge in [0, 0.05) is 16.8 Å². The first-order chi connectivity index (χ1) is 3.46. The van der Waals surface area contributed by atoms with Gasteiger partial charge in [-0.2, -0.15) is 0 Å². The van der Waals surface area contributed by atoms with Crippen LogP contribution < -0.4 is 6.15 Å². The molecule has 0 amide bonds. The summed E-state index contributed by atoms with van der Waals surface area (Å²) in [7, 11) is 0. The topological polar surface area (TPSA) is 150 Å². The van der Waals surface area contributed by atoms with Gasteiger partial charge in [-0.05, 0) is 0 Å². The predicted octanol–water partition coefficient (Wildman–Crippen LogP) is 0.604. The molecule has 65 valence electrons. The van der Waals surface area contributed by atoms with Gasteiger partial charge < -0.3 is 26.6 Å². The van der Waals surface area contributed by atoms with Crippen LogP contribution in [-0.4, -0.2) is 32.7 Å². The first kappa shape index (κ1) is 23.0. The molecule has 10 heavy (non-hydrogen) atoms. The van der Waals surface area contributed by atoms with Crippen LogP contribution >= 0.6 is 0 Å². The van der Waals surface area contributed by atoms with E-state index in [0.29, 0.717) is 0 Å². The minimum absolute atomic E-state index is 0. The van der Waals surface area contributed by atoms with E-state index in [0.717, 1.165) is 0 Å². The van der Waals surface area contributed by atoms with Crippen LogP contribution in [0, 0.1) is 0 Å². The molecule has 1 radical (unpaired) electrons. The zero-order chi connectivity index (χ0) is 7.15. The van der Waals surface area contributed by atoms with E-state index in [1.165, 1.54) is 0 Å². The van der Waals surface area contributed by atoms with E-state index in [2.05, 4.69) is 0 Å². The molecule has 7 N–H and O–H groups in total. The first-order valence-electron chi connectivity index (χ1n) is 1.30. The summed E-state index contributed by atoms with van der Waals surface area (Å²) in [4.78, 5) is 17.1. The molecule has 0 aliphatic carbocycles. The second-order valence-corrected chi connectivity index (χ2v) is 0.565. The molecule has 0 heterocycles. The predicted molar refractivity (Wildman–Crippen MR) is 26.3 cm³/mol. The summed E-state index contributed by atoms with van der Waals surface area (Å²) in [5.74, 6) is 0. The van der Waals surface area contributed by atoms with Crippen molar-refractivity contribution in [3.8, 4) is 0 Å². The maximum absolute atomic E-state index is 8.56. The van der Waals surface area contributed by atoms with Gasteiger partial charge in [0.25, 0.3) is 0 Å². The Balaban J connectivity index is -0.0000000300. The van der Waals surface area contributed by atoms with Crippen LogP contribution in [0.25, 0.3) is 0 Å². The van der Waals surface area contributed by atoms with E-state index in [1.54, 1.807) is 0 Å². The zero-order valence-electron chi connectivity index (χ0n) is 4.65. The molecule has 0 aliphatic heterocycles. The molecule has 0 fully saturated rings. The quantitative estimate of drug-likeness (QED) is 0.384. The van der Waals surface area contributed by atoms with Gasteiger partial charge in [-0.3, -0.25) is 0 Å². The van der Waals surface area contributed by atoms with Crippen molar-refractivity contribution in [3.63, 3.8) is 0 Å². The van der Waals surface area contributed by atoms with E-state index in [-0.39, 0.29) is 22.9 Å². The SMILES string of the molecule is N.O=C(O)O.O=C(O)O.[Co]. The molecule has 0 rings (SSSR count). The van der Waals surface area contributed by atoms with E-state index in [4.69, 9.17) is 30.0 Å². The number of carbonyl (C=O) groups is 2. The third kappa shape index (κ3) is 256. The zero-order valence-corrected chi connectivity index (χ0v) is 5.69. The van der Waals surface area contributed by atoms with E-state index < -0.39 is 12.3 Å². The fourth-order valence-electron chi connectivity index (χ4n) is 0. The normalized spacial score (nSPS) is 4.80. The van der Waals surface area contributed by atoms with Crippen molar-refractivity contribution in [3.05, 3.63) is 0 Å². The van der Waals surface area contributed by atoms with Gasteiger partial charge >= 0.3 is 12.3 Å². The van der Waals surface area contributed by atoms with Gasteiger partial charge in [-0.15, -0.1) is 0 Å². The molecular formula is C2H7CoNO6. The van der Waals surface area contributed by atoms with Crippen molar-refractivity contribution in [2.45, 2.75) is 0 Å². The van der Waals surface area contributed by atoms with Crippen LogP contribution in [-0.2, 0) is 16.8 Å². The van der Waals surface area contributed by atoms with E-state index in [1.807, 2.05) is 0 Å². The smallest absolute Gasteiger partial charge is 0.450 e. The molecular weight excluding hydrogens is 193 g/mol. The maximum atomic E-state index is 8.56. The third-order valence-corrected chi connectivity index (χ3v) is 0. The van der Waals surface area contributed by atoms with Crippen molar-refractivity contribution >= 4 is 12.3 Å². The number of rotatable bonds is 0. The molecule has 8 heteroatoms. The molecule has 0 aromatic rings. The standard InChI is InChI=1S/2CH2O3.Co.H3N/c2*2-1(3)4;;/h2*(H2,2,3,4);;1H3. The third-order valence-electron chi connectivity index (χ3n) is 0. The van der Waals surface area contributed by atoms with Crippen LogP contribution in [0.5, 0.6) is 0 Å². The molecule has 0 saturated heterocycles. The summed E-state index contributed by atoms with van der Waals surface area (Å²) in [6.45, 7) is 0. The van der Waals surface area contributed by atoms with Crippen LogP contribution in [0.2, 0.25) is 0 Å². The molecule has 7 nitrogen and oxygen atoms in total. The monoisotopic (exact) mass is 200 g/mol. The van der Waals surface area contributed by atoms with Crippen LogP contribution in [0.15, 0.2) is 0 Å². The number of hydrogen-bond donors (Lipinski definition) is 5. The minimum Gasteiger partial charge on any atom is -0.450 e. The van der Waals surface area contributed by atoms with Crippen molar-refractivity contribution in [2.75, 3.05) is 0 Å². The molecule has 0 aromatic carbocycles. The van der Waals surface area contributed by atoms with Gasteiger partial charge in [0.05, 0.1) is 0 Å². The molecule has 0 aromatic heterocycles. The second-order valence-electron chi connectivity index (χ2n) is 0.565. The Morgan fingerprint density at radius 3 is 0.800 bits per heavy atom. The van der Waals surface area contributed by atoms with Crippen molar-refractivity contribution in [2.24, 2.45) is 0 Å². The largest absolute Gasteiger partial charge is 0.503 e. The van der Waals surface area contributed by atoms with Crippen LogP contribution in [0.3, 0.4) is 0 Å². The molecule has 0 saturated carbocycles. The number of hydrogen-bond acceptors (Lipinski definition) is 3. The summed E-state index contributed by atoms with van der Waals surface area (Å²) >= 11 is 0. The minimum atomic E-state index is -1.83. The van der Waals surface area contributed by atoms with E-state index >= 15 is 0 Å². The van der Waals surface area contributed by atoms with Crippen molar-refractivity contribution < 1.29 is 46.8 Å². The molecule has 0 atom stereocenters. The van der Waals surface area contributed by atoms with Crippen LogP contribution in [0.4, 0.5) is 9.59 Å². The fraction of sp³-hybridized carbons (Fsp3) is 0. The first-order valence-corrected chi connectivity index (χ1v) is 1.30. The van der Waals surface area contributed by atoms with Gasteiger partial charge in [-0.25, -0.2) is 9.59 Å². The summed E-state index contributed by atoms with van der Waals surface area (Å²) in [5.41, 5.74) is 0. The fourth-order valence-corrected chi connectivity index (χ4v) is 0. The van der Waals surface area contributed by atoms with Crippen LogP contribution in [0.1, 0.15) is 0 Å². The van der Waals surface area contributed by atoms with E-state index in [9.17, 15) is 0 Å². The Morgan fingerprint density at radius 2 is 0.800 bits per heavy atom. The molecule has 0 unspecified atom stereocenters. The van der Waals surface area contributed by atoms with Gasteiger partial charge in [0.2, 0.25) is 0 Å². The Kier molecular flexibility index (Phi) is 36.1.